The summed E-state index contributed by atoms with van der Waals surface area (Å²) in [5.41, 5.74) is 0. The molecule has 1 heterocycles. The van der Waals surface area contributed by atoms with E-state index in [1.165, 1.54) is 0 Å². The van der Waals surface area contributed by atoms with Crippen molar-refractivity contribution in [2.45, 2.75) is 0 Å². The Hall–Kier alpha value is -1.45. The van der Waals surface area contributed by atoms with Crippen molar-refractivity contribution in [3.05, 3.63) is 18.3 Å². The first-order valence-electron chi connectivity index (χ1n) is 3.27. The van der Waals surface area contributed by atoms with Crippen LogP contribution < -0.4 is 0 Å². The lowest BCUT2D eigenvalue weighted by Crippen LogP contribution is -2.07. The summed E-state index contributed by atoms with van der Waals surface area (Å²) in [6.07, 6.45) is 3.30. The average Bonchev–Trinajstić information content (AvgIpc) is 2.03. The zero-order chi connectivity index (χ0) is 8.10. The SMILES string of the molecule is CN(C)/C=N/c1cccnn1. The Morgan fingerprint density at radius 1 is 1.55 bits per heavy atom. The van der Waals surface area contributed by atoms with Gasteiger partial charge in [0.15, 0.2) is 5.82 Å². The maximum atomic E-state index is 4.03. The van der Waals surface area contributed by atoms with Gasteiger partial charge in [-0.05, 0) is 12.1 Å². The van der Waals surface area contributed by atoms with Gasteiger partial charge < -0.3 is 4.90 Å². The van der Waals surface area contributed by atoms with E-state index in [4.69, 9.17) is 0 Å². The number of rotatable bonds is 2. The highest BCUT2D eigenvalue weighted by Crippen LogP contribution is 2.00. The largest absolute Gasteiger partial charge is 0.369 e. The minimum absolute atomic E-state index is 0.626. The Morgan fingerprint density at radius 2 is 2.36 bits per heavy atom. The molecule has 1 aromatic heterocycles. The Bertz CT molecular complexity index is 229. The molecule has 0 atom stereocenters. The van der Waals surface area contributed by atoms with Crippen molar-refractivity contribution >= 4 is 12.2 Å². The van der Waals surface area contributed by atoms with Gasteiger partial charge in [-0.1, -0.05) is 0 Å². The van der Waals surface area contributed by atoms with E-state index >= 15 is 0 Å². The Morgan fingerprint density at radius 3 is 2.91 bits per heavy atom. The Balaban J connectivity index is 2.65. The van der Waals surface area contributed by atoms with Gasteiger partial charge in [-0.3, -0.25) is 0 Å². The minimum atomic E-state index is 0.626. The first-order valence-corrected chi connectivity index (χ1v) is 3.27. The summed E-state index contributed by atoms with van der Waals surface area (Å²) in [6.45, 7) is 0. The maximum absolute atomic E-state index is 4.03. The van der Waals surface area contributed by atoms with E-state index in [2.05, 4.69) is 15.2 Å². The van der Waals surface area contributed by atoms with Crippen molar-refractivity contribution in [2.75, 3.05) is 14.1 Å². The Kier molecular flexibility index (Phi) is 2.54. The minimum Gasteiger partial charge on any atom is -0.369 e. The number of hydrogen-bond donors (Lipinski definition) is 0. The van der Waals surface area contributed by atoms with E-state index in [0.29, 0.717) is 5.82 Å². The average molecular weight is 150 g/mol. The molecule has 11 heavy (non-hydrogen) atoms. The van der Waals surface area contributed by atoms with E-state index in [-0.39, 0.29) is 0 Å². The summed E-state index contributed by atoms with van der Waals surface area (Å²) in [5.74, 6) is 0.626. The molecule has 0 saturated carbocycles. The molecule has 1 aromatic rings. The molecule has 1 rings (SSSR count). The molecule has 58 valence electrons. The van der Waals surface area contributed by atoms with Crippen LogP contribution in [0.1, 0.15) is 0 Å². The van der Waals surface area contributed by atoms with Crippen LogP contribution in [0.25, 0.3) is 0 Å². The Labute approximate surface area is 65.6 Å². The maximum Gasteiger partial charge on any atom is 0.175 e. The van der Waals surface area contributed by atoms with Gasteiger partial charge >= 0.3 is 0 Å². The normalized spacial score (nSPS) is 10.4. The highest BCUT2D eigenvalue weighted by molar-refractivity contribution is 5.58. The topological polar surface area (TPSA) is 41.4 Å². The van der Waals surface area contributed by atoms with Crippen LogP contribution in [-0.2, 0) is 0 Å². The monoisotopic (exact) mass is 150 g/mol. The van der Waals surface area contributed by atoms with Crippen LogP contribution in [0.2, 0.25) is 0 Å². The fourth-order valence-electron chi connectivity index (χ4n) is 0.537. The van der Waals surface area contributed by atoms with Crippen molar-refractivity contribution in [1.82, 2.24) is 15.1 Å². The van der Waals surface area contributed by atoms with E-state index < -0.39 is 0 Å². The smallest absolute Gasteiger partial charge is 0.175 e. The first-order chi connectivity index (χ1) is 5.29. The van der Waals surface area contributed by atoms with Crippen molar-refractivity contribution in [3.63, 3.8) is 0 Å². The van der Waals surface area contributed by atoms with Gasteiger partial charge in [0, 0.05) is 20.3 Å². The van der Waals surface area contributed by atoms with Crippen LogP contribution in [0.3, 0.4) is 0 Å². The van der Waals surface area contributed by atoms with Crippen LogP contribution >= 0.6 is 0 Å². The standard InChI is InChI=1S/C7H10N4/c1-11(2)6-8-7-4-3-5-9-10-7/h3-6H,1-2H3/b8-6+. The molecule has 0 fully saturated rings. The van der Waals surface area contributed by atoms with E-state index in [1.54, 1.807) is 24.7 Å². The molecule has 0 unspecified atom stereocenters. The summed E-state index contributed by atoms with van der Waals surface area (Å²) < 4.78 is 0. The molecular weight excluding hydrogens is 140 g/mol. The van der Waals surface area contributed by atoms with Crippen molar-refractivity contribution < 1.29 is 0 Å². The zero-order valence-corrected chi connectivity index (χ0v) is 6.60. The third-order valence-corrected chi connectivity index (χ3v) is 0.979. The third-order valence-electron chi connectivity index (χ3n) is 0.979. The molecule has 4 heteroatoms. The molecule has 0 saturated heterocycles. The second kappa shape index (κ2) is 3.65. The molecule has 0 bridgehead atoms. The van der Waals surface area contributed by atoms with Gasteiger partial charge in [0.2, 0.25) is 0 Å². The molecule has 0 aromatic carbocycles. The van der Waals surface area contributed by atoms with Gasteiger partial charge in [0.1, 0.15) is 0 Å². The van der Waals surface area contributed by atoms with Crippen LogP contribution in [0.4, 0.5) is 5.82 Å². The van der Waals surface area contributed by atoms with E-state index in [1.807, 2.05) is 19.0 Å². The van der Waals surface area contributed by atoms with Crippen molar-refractivity contribution in [3.8, 4) is 0 Å². The number of aliphatic imine (C=N–C) groups is 1. The summed E-state index contributed by atoms with van der Waals surface area (Å²) in [7, 11) is 3.81. The fraction of sp³-hybridized carbons (Fsp3) is 0.286. The van der Waals surface area contributed by atoms with Gasteiger partial charge in [-0.25, -0.2) is 4.99 Å². The number of aromatic nitrogens is 2. The van der Waals surface area contributed by atoms with Gasteiger partial charge in [0.05, 0.1) is 6.34 Å². The lowest BCUT2D eigenvalue weighted by molar-refractivity contribution is 0.642. The highest BCUT2D eigenvalue weighted by atomic mass is 15.2. The predicted octanol–water partition coefficient (Wildman–Crippen LogP) is 0.698. The molecule has 0 aliphatic rings. The zero-order valence-electron chi connectivity index (χ0n) is 6.60. The van der Waals surface area contributed by atoms with E-state index in [9.17, 15) is 0 Å². The molecule has 0 aliphatic carbocycles. The van der Waals surface area contributed by atoms with E-state index in [0.717, 1.165) is 0 Å². The molecule has 4 nitrogen and oxygen atoms in total. The molecule has 0 radical (unpaired) electrons. The predicted molar refractivity (Wildman–Crippen MR) is 43.9 cm³/mol. The first kappa shape index (κ1) is 7.65. The lowest BCUT2D eigenvalue weighted by atomic mass is 10.5. The fourth-order valence-corrected chi connectivity index (χ4v) is 0.537. The van der Waals surface area contributed by atoms with Gasteiger partial charge in [0.25, 0.3) is 0 Å². The molecule has 0 spiro atoms. The van der Waals surface area contributed by atoms with Crippen LogP contribution in [0, 0.1) is 0 Å². The van der Waals surface area contributed by atoms with Gasteiger partial charge in [-0.15, -0.1) is 5.10 Å². The number of hydrogen-bond acceptors (Lipinski definition) is 3. The summed E-state index contributed by atoms with van der Waals surface area (Å²) in [5, 5.41) is 7.46. The molecule has 0 aliphatic heterocycles. The molecule has 0 N–H and O–H groups in total. The second-order valence-electron chi connectivity index (χ2n) is 2.29. The molecular formula is C7H10N4. The number of nitrogens with zero attached hydrogens (tertiary/aromatic N) is 4. The summed E-state index contributed by atoms with van der Waals surface area (Å²) in [4.78, 5) is 5.88. The van der Waals surface area contributed by atoms with Crippen molar-refractivity contribution in [1.29, 1.82) is 0 Å². The van der Waals surface area contributed by atoms with Crippen LogP contribution in [0.15, 0.2) is 23.3 Å². The molecule has 0 amide bonds. The quantitative estimate of drug-likeness (QED) is 0.460. The third kappa shape index (κ3) is 2.75. The summed E-state index contributed by atoms with van der Waals surface area (Å²) in [6, 6.07) is 3.60. The van der Waals surface area contributed by atoms with Crippen LogP contribution in [0.5, 0.6) is 0 Å². The second-order valence-corrected chi connectivity index (χ2v) is 2.29. The summed E-state index contributed by atoms with van der Waals surface area (Å²) >= 11 is 0. The lowest BCUT2D eigenvalue weighted by Gasteiger charge is -2.00. The van der Waals surface area contributed by atoms with Crippen LogP contribution in [-0.4, -0.2) is 35.5 Å². The highest BCUT2D eigenvalue weighted by Gasteiger charge is 1.85. The van der Waals surface area contributed by atoms with Crippen molar-refractivity contribution in [2.24, 2.45) is 4.99 Å². The van der Waals surface area contributed by atoms with Gasteiger partial charge in [-0.2, -0.15) is 5.10 Å².